The molecule has 0 saturated carbocycles. The van der Waals surface area contributed by atoms with Gasteiger partial charge in [0.2, 0.25) is 5.91 Å². The molecule has 2 N–H and O–H groups in total. The van der Waals surface area contributed by atoms with Gasteiger partial charge in [0, 0.05) is 11.1 Å². The Balaban J connectivity index is 1.52. The van der Waals surface area contributed by atoms with Crippen LogP contribution in [0.4, 0.5) is 0 Å². The van der Waals surface area contributed by atoms with Crippen LogP contribution in [0.2, 0.25) is 0 Å². The van der Waals surface area contributed by atoms with Gasteiger partial charge in [0.15, 0.2) is 0 Å². The lowest BCUT2D eigenvalue weighted by molar-refractivity contribution is -0.118. The number of imidazole rings is 1. The summed E-state index contributed by atoms with van der Waals surface area (Å²) >= 11 is 1.43. The van der Waals surface area contributed by atoms with Crippen LogP contribution in [0.1, 0.15) is 18.2 Å². The number of H-pyrrole nitrogens is 1. The summed E-state index contributed by atoms with van der Waals surface area (Å²) < 4.78 is 5.25. The maximum atomic E-state index is 12.3. The quantitative estimate of drug-likeness (QED) is 0.381. The van der Waals surface area contributed by atoms with Crippen molar-refractivity contribution in [3.63, 3.8) is 0 Å². The molecule has 0 aliphatic heterocycles. The van der Waals surface area contributed by atoms with Crippen LogP contribution in [0.5, 0.6) is 0 Å². The zero-order valence-corrected chi connectivity index (χ0v) is 17.5. The first-order chi connectivity index (χ1) is 14.7. The summed E-state index contributed by atoms with van der Waals surface area (Å²) in [6.07, 6.45) is 2.60. The highest BCUT2D eigenvalue weighted by molar-refractivity contribution is 8.00. The lowest BCUT2D eigenvalue weighted by Gasteiger charge is -2.04. The van der Waals surface area contributed by atoms with Gasteiger partial charge in [-0.25, -0.2) is 4.98 Å². The van der Waals surface area contributed by atoms with Gasteiger partial charge in [-0.2, -0.15) is 0 Å². The minimum absolute atomic E-state index is 0.0627. The normalized spacial score (nSPS) is 10.8. The number of nitrogens with zero attached hydrogens (tertiary/aromatic N) is 1. The van der Waals surface area contributed by atoms with Gasteiger partial charge in [-0.3, -0.25) is 4.79 Å². The first kappa shape index (κ1) is 20.0. The number of hydrogen-bond acceptors (Lipinski definition) is 4. The molecule has 4 aromatic rings. The van der Waals surface area contributed by atoms with E-state index >= 15 is 0 Å². The number of rotatable bonds is 8. The second-order valence-corrected chi connectivity index (χ2v) is 7.79. The third kappa shape index (κ3) is 4.83. The Morgan fingerprint density at radius 1 is 1.03 bits per heavy atom. The van der Waals surface area contributed by atoms with Gasteiger partial charge in [0.05, 0.1) is 24.3 Å². The maximum Gasteiger partial charge on any atom is 0.230 e. The fourth-order valence-electron chi connectivity index (χ4n) is 3.08. The Hall–Kier alpha value is -3.25. The Kier molecular flexibility index (Phi) is 6.35. The largest absolute Gasteiger partial charge is 0.467 e. The molecule has 152 valence electrons. The highest BCUT2D eigenvalue weighted by atomic mass is 32.2. The number of carbonyl (C=O) groups excluding carboxylic acids is 1. The van der Waals surface area contributed by atoms with Crippen molar-refractivity contribution >= 4 is 17.7 Å². The Labute approximate surface area is 179 Å². The van der Waals surface area contributed by atoms with E-state index in [0.717, 1.165) is 39.9 Å². The molecule has 4 rings (SSSR count). The average molecular weight is 418 g/mol. The predicted octanol–water partition coefficient (Wildman–Crippen LogP) is 5.31. The van der Waals surface area contributed by atoms with Crippen LogP contribution in [0.15, 0.2) is 82.4 Å². The van der Waals surface area contributed by atoms with Crippen LogP contribution in [-0.4, -0.2) is 21.6 Å². The van der Waals surface area contributed by atoms with E-state index in [1.807, 2.05) is 36.4 Å². The standard InChI is InChI=1S/C24H23N3O2S/c1-2-17-10-12-19(13-11-17)23-26-22(18-7-4-3-5-8-18)24(27-23)30-16-21(28)25-15-20-9-6-14-29-20/h3-14H,2,15-16H2,1H3,(H,25,28)(H,26,27). The zero-order chi connectivity index (χ0) is 20.8. The number of aromatic nitrogens is 2. The van der Waals surface area contributed by atoms with Gasteiger partial charge in [-0.05, 0) is 24.1 Å². The predicted molar refractivity (Wildman–Crippen MR) is 120 cm³/mol. The molecule has 0 bridgehead atoms. The van der Waals surface area contributed by atoms with Gasteiger partial charge in [0.1, 0.15) is 16.6 Å². The minimum Gasteiger partial charge on any atom is -0.467 e. The molecule has 0 radical (unpaired) electrons. The Morgan fingerprint density at radius 2 is 1.83 bits per heavy atom. The number of thioether (sulfide) groups is 1. The molecule has 0 aliphatic rings. The van der Waals surface area contributed by atoms with E-state index in [4.69, 9.17) is 9.40 Å². The van der Waals surface area contributed by atoms with Crippen molar-refractivity contribution in [1.29, 1.82) is 0 Å². The fraction of sp³-hybridized carbons (Fsp3) is 0.167. The SMILES string of the molecule is CCc1ccc(-c2nc(SCC(=O)NCc3ccco3)c(-c3ccccc3)[nH]2)cc1. The summed E-state index contributed by atoms with van der Waals surface area (Å²) in [5, 5.41) is 3.68. The molecule has 0 unspecified atom stereocenters. The molecular formula is C24H23N3O2S. The topological polar surface area (TPSA) is 70.9 Å². The minimum atomic E-state index is -0.0627. The smallest absolute Gasteiger partial charge is 0.230 e. The first-order valence-corrected chi connectivity index (χ1v) is 10.9. The summed E-state index contributed by atoms with van der Waals surface area (Å²) in [6, 6.07) is 22.1. The van der Waals surface area contributed by atoms with E-state index in [-0.39, 0.29) is 11.7 Å². The van der Waals surface area contributed by atoms with E-state index < -0.39 is 0 Å². The fourth-order valence-corrected chi connectivity index (χ4v) is 3.92. The second kappa shape index (κ2) is 9.50. The Bertz CT molecular complexity index is 1090. The third-order valence-electron chi connectivity index (χ3n) is 4.75. The van der Waals surface area contributed by atoms with Gasteiger partial charge >= 0.3 is 0 Å². The first-order valence-electron chi connectivity index (χ1n) is 9.89. The monoisotopic (exact) mass is 417 g/mol. The molecular weight excluding hydrogens is 394 g/mol. The van der Waals surface area contributed by atoms with Crippen LogP contribution in [0, 0.1) is 0 Å². The molecule has 2 aromatic heterocycles. The summed E-state index contributed by atoms with van der Waals surface area (Å²) in [5.74, 6) is 1.75. The van der Waals surface area contributed by atoms with Crippen LogP contribution in [-0.2, 0) is 17.8 Å². The third-order valence-corrected chi connectivity index (χ3v) is 5.72. The summed E-state index contributed by atoms with van der Waals surface area (Å²) in [4.78, 5) is 20.5. The number of aryl methyl sites for hydroxylation is 1. The summed E-state index contributed by atoms with van der Waals surface area (Å²) in [5.41, 5.74) is 4.28. The van der Waals surface area contributed by atoms with Crippen molar-refractivity contribution in [2.45, 2.75) is 24.9 Å². The molecule has 6 heteroatoms. The molecule has 2 aromatic carbocycles. The van der Waals surface area contributed by atoms with Crippen molar-refractivity contribution < 1.29 is 9.21 Å². The number of amides is 1. The van der Waals surface area contributed by atoms with Gasteiger partial charge in [-0.15, -0.1) is 0 Å². The molecule has 0 aliphatic carbocycles. The van der Waals surface area contributed by atoms with Crippen LogP contribution >= 0.6 is 11.8 Å². The molecule has 0 fully saturated rings. The van der Waals surface area contributed by atoms with Gasteiger partial charge in [-0.1, -0.05) is 73.3 Å². The van der Waals surface area contributed by atoms with Crippen LogP contribution in [0.25, 0.3) is 22.6 Å². The molecule has 0 saturated heterocycles. The molecule has 0 spiro atoms. The maximum absolute atomic E-state index is 12.3. The van der Waals surface area contributed by atoms with Gasteiger partial charge < -0.3 is 14.7 Å². The lowest BCUT2D eigenvalue weighted by Crippen LogP contribution is -2.24. The number of aromatic amines is 1. The van der Waals surface area contributed by atoms with Gasteiger partial charge in [0.25, 0.3) is 0 Å². The highest BCUT2D eigenvalue weighted by Crippen LogP contribution is 2.32. The number of carbonyl (C=O) groups is 1. The van der Waals surface area contributed by atoms with E-state index in [1.165, 1.54) is 17.3 Å². The van der Waals surface area contributed by atoms with Crippen molar-refractivity contribution in [2.24, 2.45) is 0 Å². The van der Waals surface area contributed by atoms with E-state index in [2.05, 4.69) is 41.5 Å². The average Bonchev–Trinajstić information content (AvgIpc) is 3.47. The number of hydrogen-bond donors (Lipinski definition) is 2. The molecule has 1 amide bonds. The number of nitrogens with one attached hydrogen (secondary N) is 2. The number of benzene rings is 2. The lowest BCUT2D eigenvalue weighted by atomic mass is 10.1. The molecule has 0 atom stereocenters. The summed E-state index contributed by atoms with van der Waals surface area (Å²) in [6.45, 7) is 2.52. The van der Waals surface area contributed by atoms with Crippen molar-refractivity contribution in [3.8, 4) is 22.6 Å². The number of furan rings is 1. The molecule has 2 heterocycles. The van der Waals surface area contributed by atoms with E-state index in [0.29, 0.717) is 6.54 Å². The van der Waals surface area contributed by atoms with Crippen LogP contribution < -0.4 is 5.32 Å². The van der Waals surface area contributed by atoms with E-state index in [1.54, 1.807) is 12.3 Å². The van der Waals surface area contributed by atoms with Crippen molar-refractivity contribution in [1.82, 2.24) is 15.3 Å². The van der Waals surface area contributed by atoms with Crippen molar-refractivity contribution in [3.05, 3.63) is 84.3 Å². The van der Waals surface area contributed by atoms with Crippen LogP contribution in [0.3, 0.4) is 0 Å². The summed E-state index contributed by atoms with van der Waals surface area (Å²) in [7, 11) is 0. The zero-order valence-electron chi connectivity index (χ0n) is 16.7. The molecule has 5 nitrogen and oxygen atoms in total. The van der Waals surface area contributed by atoms with E-state index in [9.17, 15) is 4.79 Å². The second-order valence-electron chi connectivity index (χ2n) is 6.83. The Morgan fingerprint density at radius 3 is 2.53 bits per heavy atom. The van der Waals surface area contributed by atoms with Crippen molar-refractivity contribution in [2.75, 3.05) is 5.75 Å². The molecule has 30 heavy (non-hydrogen) atoms. The highest BCUT2D eigenvalue weighted by Gasteiger charge is 2.15.